The zero-order chi connectivity index (χ0) is 30.0. The number of aliphatic hydroxyl groups excluding tert-OH is 2. The minimum absolute atomic E-state index is 0.173. The second kappa shape index (κ2) is 12.7. The Morgan fingerprint density at radius 3 is 2.52 bits per heavy atom. The minimum atomic E-state index is -1.10. The topological polar surface area (TPSA) is 194 Å². The van der Waals surface area contributed by atoms with Crippen LogP contribution in [-0.4, -0.2) is 86.4 Å². The number of fused-ring (bicyclic) bond motifs is 2. The van der Waals surface area contributed by atoms with Gasteiger partial charge in [0.15, 0.2) is 6.23 Å². The van der Waals surface area contributed by atoms with Gasteiger partial charge < -0.3 is 30.7 Å². The van der Waals surface area contributed by atoms with E-state index in [4.69, 9.17) is 15.2 Å². The summed E-state index contributed by atoms with van der Waals surface area (Å²) in [5, 5.41) is 26.4. The molecule has 2 aromatic rings. The van der Waals surface area contributed by atoms with Crippen molar-refractivity contribution in [2.75, 3.05) is 25.1 Å². The highest BCUT2D eigenvalue weighted by atomic mass is 16.6. The van der Waals surface area contributed by atoms with E-state index in [1.807, 2.05) is 0 Å². The van der Waals surface area contributed by atoms with E-state index < -0.39 is 37.3 Å². The molecule has 0 aliphatic carbocycles. The third kappa shape index (κ3) is 5.80. The summed E-state index contributed by atoms with van der Waals surface area (Å²) in [4.78, 5) is 47.1. The van der Waals surface area contributed by atoms with Gasteiger partial charge in [-0.15, -0.1) is 0 Å². The van der Waals surface area contributed by atoms with Gasteiger partial charge >= 0.3 is 0 Å². The van der Waals surface area contributed by atoms with E-state index in [1.165, 1.54) is 11.2 Å². The fourth-order valence-electron chi connectivity index (χ4n) is 5.24. The summed E-state index contributed by atoms with van der Waals surface area (Å²) in [5.74, 6) is -0.398. The molecule has 0 bridgehead atoms. The SMILES string of the molecule is CC(C)C(=O)NC1=NC(N)c2ncn([C@@H]3O[C@H](CO)C(O)[C@@H]3OCCCCCCN3C(=O)c4ccccc4C3=O)c2N1. The van der Waals surface area contributed by atoms with Crippen LogP contribution in [-0.2, 0) is 14.3 Å². The van der Waals surface area contributed by atoms with E-state index in [2.05, 4.69) is 20.6 Å². The van der Waals surface area contributed by atoms with E-state index in [0.29, 0.717) is 48.6 Å². The van der Waals surface area contributed by atoms with Gasteiger partial charge in [0.2, 0.25) is 11.9 Å². The van der Waals surface area contributed by atoms with Gasteiger partial charge in [-0.05, 0) is 25.0 Å². The molecule has 1 saturated heterocycles. The van der Waals surface area contributed by atoms with E-state index in [1.54, 1.807) is 42.7 Å². The van der Waals surface area contributed by atoms with Crippen LogP contribution in [0.4, 0.5) is 5.82 Å². The summed E-state index contributed by atoms with van der Waals surface area (Å²) in [6, 6.07) is 6.84. The molecule has 14 heteroatoms. The molecule has 6 N–H and O–H groups in total. The molecule has 0 saturated carbocycles. The molecule has 226 valence electrons. The van der Waals surface area contributed by atoms with Crippen LogP contribution in [0.3, 0.4) is 0 Å². The Balaban J connectivity index is 1.14. The van der Waals surface area contributed by atoms with Crippen LogP contribution in [0.1, 0.15) is 78.3 Å². The van der Waals surface area contributed by atoms with Crippen LogP contribution >= 0.6 is 0 Å². The maximum Gasteiger partial charge on any atom is 0.261 e. The van der Waals surface area contributed by atoms with E-state index in [9.17, 15) is 24.6 Å². The second-order valence-electron chi connectivity index (χ2n) is 10.9. The van der Waals surface area contributed by atoms with Gasteiger partial charge in [-0.3, -0.25) is 29.2 Å². The van der Waals surface area contributed by atoms with Crippen LogP contribution in [0.5, 0.6) is 0 Å². The summed E-state index contributed by atoms with van der Waals surface area (Å²) in [6.07, 6.45) is -0.0481. The van der Waals surface area contributed by atoms with E-state index >= 15 is 0 Å². The fraction of sp³-hybridized carbons (Fsp3) is 0.536. The molecule has 3 amide bonds. The number of rotatable bonds is 11. The first-order chi connectivity index (χ1) is 20.2. The number of carbonyl (C=O) groups excluding carboxylic acids is 3. The van der Waals surface area contributed by atoms with Crippen LogP contribution in [0.15, 0.2) is 35.6 Å². The first kappa shape index (κ1) is 29.8. The van der Waals surface area contributed by atoms with Crippen LogP contribution < -0.4 is 16.4 Å². The van der Waals surface area contributed by atoms with Crippen molar-refractivity contribution in [2.45, 2.75) is 70.2 Å². The smallest absolute Gasteiger partial charge is 0.261 e. The lowest BCUT2D eigenvalue weighted by Crippen LogP contribution is -2.42. The summed E-state index contributed by atoms with van der Waals surface area (Å²) >= 11 is 0. The quantitative estimate of drug-likeness (QED) is 0.187. The third-order valence-corrected chi connectivity index (χ3v) is 7.60. The number of amides is 3. The van der Waals surface area contributed by atoms with Gasteiger partial charge in [-0.25, -0.2) is 9.98 Å². The number of nitrogens with zero attached hydrogens (tertiary/aromatic N) is 4. The number of aromatic nitrogens is 2. The van der Waals surface area contributed by atoms with Crippen molar-refractivity contribution < 1.29 is 34.1 Å². The number of nitrogens with two attached hydrogens (primary N) is 1. The Morgan fingerprint density at radius 2 is 1.86 bits per heavy atom. The zero-order valence-corrected chi connectivity index (χ0v) is 23.6. The number of aliphatic hydroxyl groups is 2. The maximum atomic E-state index is 12.5. The number of guanidine groups is 1. The molecule has 5 rings (SSSR count). The predicted octanol–water partition coefficient (Wildman–Crippen LogP) is 0.887. The Labute approximate surface area is 242 Å². The molecule has 4 heterocycles. The molecule has 3 aliphatic heterocycles. The number of unbranched alkanes of at least 4 members (excludes halogenated alkanes) is 3. The number of hydrogen-bond donors (Lipinski definition) is 5. The lowest BCUT2D eigenvalue weighted by atomic mass is 10.1. The van der Waals surface area contributed by atoms with Crippen molar-refractivity contribution in [2.24, 2.45) is 16.6 Å². The molecule has 2 unspecified atom stereocenters. The number of anilines is 1. The number of ether oxygens (including phenoxy) is 2. The molecular weight excluding hydrogens is 546 g/mol. The summed E-state index contributed by atoms with van der Waals surface area (Å²) in [6.45, 7) is 3.78. The summed E-state index contributed by atoms with van der Waals surface area (Å²) in [5.41, 5.74) is 7.50. The Hall–Kier alpha value is -3.69. The van der Waals surface area contributed by atoms with Crippen molar-refractivity contribution in [3.8, 4) is 0 Å². The first-order valence-electron chi connectivity index (χ1n) is 14.2. The highest BCUT2D eigenvalue weighted by molar-refractivity contribution is 6.21. The number of imidazole rings is 1. The average molecular weight is 584 g/mol. The largest absolute Gasteiger partial charge is 0.394 e. The highest BCUT2D eigenvalue weighted by Crippen LogP contribution is 2.37. The number of aliphatic imine (C=N–C) groups is 1. The molecule has 0 radical (unpaired) electrons. The first-order valence-corrected chi connectivity index (χ1v) is 14.2. The Morgan fingerprint density at radius 1 is 1.17 bits per heavy atom. The second-order valence-corrected chi connectivity index (χ2v) is 10.9. The van der Waals surface area contributed by atoms with Gasteiger partial charge in [-0.1, -0.05) is 38.8 Å². The number of nitrogens with one attached hydrogen (secondary N) is 2. The van der Waals surface area contributed by atoms with Crippen molar-refractivity contribution in [1.82, 2.24) is 19.8 Å². The normalized spacial score (nSPS) is 25.0. The van der Waals surface area contributed by atoms with Crippen LogP contribution in [0.2, 0.25) is 0 Å². The lowest BCUT2D eigenvalue weighted by Gasteiger charge is -2.26. The van der Waals surface area contributed by atoms with Gasteiger partial charge in [0, 0.05) is 19.1 Å². The molecule has 1 fully saturated rings. The minimum Gasteiger partial charge on any atom is -0.394 e. The van der Waals surface area contributed by atoms with Crippen molar-refractivity contribution >= 4 is 29.5 Å². The van der Waals surface area contributed by atoms with E-state index in [0.717, 1.165) is 12.8 Å². The standard InChI is InChI=1S/C28H37N7O7/c1-15(2)24(38)33-28-31-22(29)19-23(32-28)35(14-30-19)27-21(20(37)18(13-36)42-27)41-12-8-4-3-7-11-34-25(39)16-9-5-6-10-17(16)26(34)40/h5-6,9-10,14-15,18,20-22,27,36-37H,3-4,7-8,11-13,29H2,1-2H3,(H2,31,32,33,38)/t18-,20?,21+,22?,27-/m1/s1. The third-order valence-electron chi connectivity index (χ3n) is 7.60. The predicted molar refractivity (Wildman–Crippen MR) is 150 cm³/mol. The number of carbonyl (C=O) groups is 3. The van der Waals surface area contributed by atoms with Gasteiger partial charge in [0.1, 0.15) is 36.0 Å². The fourth-order valence-corrected chi connectivity index (χ4v) is 5.24. The van der Waals surface area contributed by atoms with Gasteiger partial charge in [-0.2, -0.15) is 0 Å². The Kier molecular flexibility index (Phi) is 8.99. The summed E-state index contributed by atoms with van der Waals surface area (Å²) < 4.78 is 13.6. The number of hydrogen-bond acceptors (Lipinski definition) is 11. The van der Waals surface area contributed by atoms with Crippen LogP contribution in [0.25, 0.3) is 0 Å². The van der Waals surface area contributed by atoms with Crippen molar-refractivity contribution in [1.29, 1.82) is 0 Å². The van der Waals surface area contributed by atoms with Crippen molar-refractivity contribution in [3.63, 3.8) is 0 Å². The number of imide groups is 1. The Bertz CT molecular complexity index is 1320. The molecular formula is C28H37N7O7. The van der Waals surface area contributed by atoms with Gasteiger partial charge in [0.25, 0.3) is 11.8 Å². The maximum absolute atomic E-state index is 12.5. The monoisotopic (exact) mass is 583 g/mol. The molecule has 1 aromatic carbocycles. The molecule has 14 nitrogen and oxygen atoms in total. The molecule has 3 aliphatic rings. The van der Waals surface area contributed by atoms with Crippen LogP contribution in [0, 0.1) is 5.92 Å². The highest BCUT2D eigenvalue weighted by Gasteiger charge is 2.46. The summed E-state index contributed by atoms with van der Waals surface area (Å²) in [7, 11) is 0. The lowest BCUT2D eigenvalue weighted by molar-refractivity contribution is -0.122. The average Bonchev–Trinajstić information content (AvgIpc) is 3.61. The molecule has 5 atom stereocenters. The zero-order valence-electron chi connectivity index (χ0n) is 23.6. The molecule has 42 heavy (non-hydrogen) atoms. The van der Waals surface area contributed by atoms with Gasteiger partial charge in [0.05, 0.1) is 24.1 Å². The molecule has 1 aromatic heterocycles. The molecule has 0 spiro atoms. The van der Waals surface area contributed by atoms with E-state index in [-0.39, 0.29) is 29.6 Å². The number of benzene rings is 1. The van der Waals surface area contributed by atoms with Crippen molar-refractivity contribution in [3.05, 3.63) is 47.4 Å².